The van der Waals surface area contributed by atoms with Crippen LogP contribution in [0.4, 0.5) is 11.4 Å². The number of amides is 1. The summed E-state index contributed by atoms with van der Waals surface area (Å²) in [4.78, 5) is 14.5. The Morgan fingerprint density at radius 3 is 2.90 bits per heavy atom. The Morgan fingerprint density at radius 2 is 2.14 bits per heavy atom. The first-order chi connectivity index (χ1) is 10.2. The second-order valence-corrected chi connectivity index (χ2v) is 5.07. The van der Waals surface area contributed by atoms with Gasteiger partial charge in [-0.3, -0.25) is 4.79 Å². The summed E-state index contributed by atoms with van der Waals surface area (Å²) in [5.41, 5.74) is 9.07. The number of ether oxygens (including phenoxy) is 1. The molecule has 2 aromatic rings. The third kappa shape index (κ3) is 2.57. The number of nitrogens with zero attached hydrogens (tertiary/aromatic N) is 1. The Labute approximate surface area is 124 Å². The van der Waals surface area contributed by atoms with Gasteiger partial charge in [0.2, 0.25) is 0 Å². The van der Waals surface area contributed by atoms with Crippen molar-refractivity contribution in [3.8, 4) is 5.75 Å². The van der Waals surface area contributed by atoms with E-state index in [4.69, 9.17) is 10.5 Å². The average molecular weight is 282 g/mol. The second-order valence-electron chi connectivity index (χ2n) is 5.07. The number of fused-ring (bicyclic) bond motifs is 1. The normalized spacial score (nSPS) is 12.6. The van der Waals surface area contributed by atoms with Crippen LogP contribution in [0.5, 0.6) is 5.75 Å². The fourth-order valence-electron chi connectivity index (χ4n) is 2.61. The van der Waals surface area contributed by atoms with Gasteiger partial charge < -0.3 is 15.4 Å². The molecule has 0 aliphatic carbocycles. The molecule has 0 spiro atoms. The highest BCUT2D eigenvalue weighted by molar-refractivity contribution is 6.06. The SMILES string of the molecule is CCN(C(=O)c1ccc2c(c1)CCO2)c1cccc(N)c1. The van der Waals surface area contributed by atoms with E-state index in [0.29, 0.717) is 24.4 Å². The summed E-state index contributed by atoms with van der Waals surface area (Å²) in [6.45, 7) is 3.24. The summed E-state index contributed by atoms with van der Waals surface area (Å²) < 4.78 is 5.48. The minimum absolute atomic E-state index is 0.0159. The van der Waals surface area contributed by atoms with Crippen molar-refractivity contribution >= 4 is 17.3 Å². The number of carbonyl (C=O) groups excluding carboxylic acids is 1. The summed E-state index contributed by atoms with van der Waals surface area (Å²) in [5, 5.41) is 0. The highest BCUT2D eigenvalue weighted by atomic mass is 16.5. The van der Waals surface area contributed by atoms with E-state index >= 15 is 0 Å². The Morgan fingerprint density at radius 1 is 1.29 bits per heavy atom. The molecule has 3 rings (SSSR count). The molecule has 0 fully saturated rings. The lowest BCUT2D eigenvalue weighted by atomic mass is 10.1. The first-order valence-electron chi connectivity index (χ1n) is 7.12. The van der Waals surface area contributed by atoms with Gasteiger partial charge in [0.05, 0.1) is 6.61 Å². The van der Waals surface area contributed by atoms with E-state index in [2.05, 4.69) is 0 Å². The molecule has 1 aliphatic rings. The van der Waals surface area contributed by atoms with E-state index in [1.54, 1.807) is 4.90 Å². The molecule has 2 N–H and O–H groups in total. The molecule has 1 aliphatic heterocycles. The van der Waals surface area contributed by atoms with Crippen LogP contribution < -0.4 is 15.4 Å². The van der Waals surface area contributed by atoms with E-state index in [1.807, 2.05) is 49.4 Å². The zero-order valence-electron chi connectivity index (χ0n) is 12.0. The van der Waals surface area contributed by atoms with Crippen molar-refractivity contribution in [3.63, 3.8) is 0 Å². The zero-order valence-corrected chi connectivity index (χ0v) is 12.0. The van der Waals surface area contributed by atoms with E-state index in [-0.39, 0.29) is 5.91 Å². The fraction of sp³-hybridized carbons (Fsp3) is 0.235. The summed E-state index contributed by atoms with van der Waals surface area (Å²) in [6.07, 6.45) is 0.862. The molecule has 2 aromatic carbocycles. The van der Waals surface area contributed by atoms with Crippen molar-refractivity contribution in [1.82, 2.24) is 0 Å². The summed E-state index contributed by atoms with van der Waals surface area (Å²) in [7, 11) is 0. The molecular formula is C17H18N2O2. The van der Waals surface area contributed by atoms with E-state index in [1.165, 1.54) is 0 Å². The van der Waals surface area contributed by atoms with Gasteiger partial charge in [0.15, 0.2) is 0 Å². The van der Waals surface area contributed by atoms with Gasteiger partial charge in [-0.05, 0) is 48.9 Å². The molecule has 1 amide bonds. The van der Waals surface area contributed by atoms with Crippen LogP contribution in [0.25, 0.3) is 0 Å². The van der Waals surface area contributed by atoms with Crippen LogP contribution in [0.1, 0.15) is 22.8 Å². The fourth-order valence-corrected chi connectivity index (χ4v) is 2.61. The number of benzene rings is 2. The summed E-state index contributed by atoms with van der Waals surface area (Å²) in [5.74, 6) is 0.872. The van der Waals surface area contributed by atoms with Gasteiger partial charge in [0.1, 0.15) is 5.75 Å². The average Bonchev–Trinajstić information content (AvgIpc) is 2.95. The van der Waals surface area contributed by atoms with E-state index in [9.17, 15) is 4.79 Å². The lowest BCUT2D eigenvalue weighted by Crippen LogP contribution is -2.30. The highest BCUT2D eigenvalue weighted by Crippen LogP contribution is 2.27. The van der Waals surface area contributed by atoms with E-state index in [0.717, 1.165) is 23.4 Å². The quantitative estimate of drug-likeness (QED) is 0.881. The van der Waals surface area contributed by atoms with Gasteiger partial charge in [-0.2, -0.15) is 0 Å². The number of hydrogen-bond donors (Lipinski definition) is 1. The van der Waals surface area contributed by atoms with Gasteiger partial charge in [-0.25, -0.2) is 0 Å². The van der Waals surface area contributed by atoms with Gasteiger partial charge in [-0.1, -0.05) is 6.07 Å². The van der Waals surface area contributed by atoms with Crippen molar-refractivity contribution in [2.24, 2.45) is 0 Å². The standard InChI is InChI=1S/C17H18N2O2/c1-2-19(15-5-3-4-14(18)11-15)17(20)13-6-7-16-12(10-13)8-9-21-16/h3-7,10-11H,2,8-9,18H2,1H3. The number of nitrogens with two attached hydrogens (primary N) is 1. The third-order valence-corrected chi connectivity index (χ3v) is 3.68. The first-order valence-corrected chi connectivity index (χ1v) is 7.12. The van der Waals surface area contributed by atoms with Crippen LogP contribution in [0, 0.1) is 0 Å². The van der Waals surface area contributed by atoms with Gasteiger partial charge >= 0.3 is 0 Å². The van der Waals surface area contributed by atoms with Crippen molar-refractivity contribution < 1.29 is 9.53 Å². The lowest BCUT2D eigenvalue weighted by molar-refractivity contribution is 0.0988. The molecular weight excluding hydrogens is 264 g/mol. The molecule has 0 aromatic heterocycles. The third-order valence-electron chi connectivity index (χ3n) is 3.68. The maximum Gasteiger partial charge on any atom is 0.258 e. The molecule has 0 saturated heterocycles. The van der Waals surface area contributed by atoms with Gasteiger partial charge in [-0.15, -0.1) is 0 Å². The minimum atomic E-state index is -0.0159. The summed E-state index contributed by atoms with van der Waals surface area (Å²) >= 11 is 0. The van der Waals surface area contributed by atoms with Crippen molar-refractivity contribution in [3.05, 3.63) is 53.6 Å². The molecule has 0 bridgehead atoms. The van der Waals surface area contributed by atoms with Gasteiger partial charge in [0.25, 0.3) is 5.91 Å². The number of nitrogen functional groups attached to an aromatic ring is 1. The van der Waals surface area contributed by atoms with Crippen LogP contribution in [-0.2, 0) is 6.42 Å². The van der Waals surface area contributed by atoms with E-state index < -0.39 is 0 Å². The zero-order chi connectivity index (χ0) is 14.8. The molecule has 1 heterocycles. The van der Waals surface area contributed by atoms with Gasteiger partial charge in [0, 0.05) is 29.9 Å². The minimum Gasteiger partial charge on any atom is -0.493 e. The van der Waals surface area contributed by atoms with Crippen LogP contribution in [0.15, 0.2) is 42.5 Å². The molecule has 0 unspecified atom stereocenters. The van der Waals surface area contributed by atoms with Crippen LogP contribution in [-0.4, -0.2) is 19.1 Å². The Hall–Kier alpha value is -2.49. The molecule has 0 saturated carbocycles. The monoisotopic (exact) mass is 282 g/mol. The summed E-state index contributed by atoms with van der Waals surface area (Å²) in [6, 6.07) is 13.0. The largest absolute Gasteiger partial charge is 0.493 e. The van der Waals surface area contributed by atoms with Crippen molar-refractivity contribution in [2.75, 3.05) is 23.8 Å². The lowest BCUT2D eigenvalue weighted by Gasteiger charge is -2.21. The highest BCUT2D eigenvalue weighted by Gasteiger charge is 2.19. The maximum absolute atomic E-state index is 12.7. The number of carbonyl (C=O) groups is 1. The Kier molecular flexibility index (Phi) is 3.52. The molecule has 108 valence electrons. The number of hydrogen-bond acceptors (Lipinski definition) is 3. The van der Waals surface area contributed by atoms with Crippen molar-refractivity contribution in [2.45, 2.75) is 13.3 Å². The molecule has 4 heteroatoms. The van der Waals surface area contributed by atoms with Crippen LogP contribution >= 0.6 is 0 Å². The Balaban J connectivity index is 1.92. The topological polar surface area (TPSA) is 55.6 Å². The molecule has 0 atom stereocenters. The predicted octanol–water partition coefficient (Wildman–Crippen LogP) is 2.87. The number of rotatable bonds is 3. The van der Waals surface area contributed by atoms with Crippen LogP contribution in [0.3, 0.4) is 0 Å². The Bertz CT molecular complexity index is 682. The maximum atomic E-state index is 12.7. The van der Waals surface area contributed by atoms with Crippen molar-refractivity contribution in [1.29, 1.82) is 0 Å². The molecule has 21 heavy (non-hydrogen) atoms. The smallest absolute Gasteiger partial charge is 0.258 e. The predicted molar refractivity (Wildman–Crippen MR) is 83.8 cm³/mol. The second kappa shape index (κ2) is 5.48. The first kappa shape index (κ1) is 13.5. The molecule has 4 nitrogen and oxygen atoms in total. The number of anilines is 2. The molecule has 0 radical (unpaired) electrons. The van der Waals surface area contributed by atoms with Crippen LogP contribution in [0.2, 0.25) is 0 Å².